The molecule has 0 aliphatic carbocycles. The van der Waals surface area contributed by atoms with Crippen molar-refractivity contribution in [1.82, 2.24) is 4.90 Å². The van der Waals surface area contributed by atoms with E-state index in [9.17, 15) is 0 Å². The molecule has 0 aromatic carbocycles. The minimum atomic E-state index is 1.07. The topological polar surface area (TPSA) is 19.9 Å². The van der Waals surface area contributed by atoms with Crippen LogP contribution in [0, 0.1) is 0 Å². The van der Waals surface area contributed by atoms with E-state index in [1.54, 1.807) is 0 Å². The molecule has 50 valence electrons. The number of nitrogens with two attached hydrogens (primary N) is 1. The van der Waals surface area contributed by atoms with Crippen molar-refractivity contribution < 1.29 is 5.32 Å². The first-order valence-corrected chi connectivity index (χ1v) is 3.18. The zero-order valence-electron chi connectivity index (χ0n) is 5.96. The van der Waals surface area contributed by atoms with Crippen molar-refractivity contribution in [1.29, 1.82) is 0 Å². The second kappa shape index (κ2) is 2.69. The van der Waals surface area contributed by atoms with Crippen LogP contribution in [0.3, 0.4) is 0 Å². The van der Waals surface area contributed by atoms with Crippen LogP contribution in [0.1, 0.15) is 0 Å². The zero-order chi connectivity index (χ0) is 6.69. The Morgan fingerprint density at radius 2 is 2.33 bits per heavy atom. The van der Waals surface area contributed by atoms with Crippen LogP contribution >= 0.6 is 0 Å². The number of likely N-dealkylation sites (N-methyl/N-ethyl adjacent to an activating group) is 1. The molecule has 0 saturated carbocycles. The van der Waals surface area contributed by atoms with Crippen molar-refractivity contribution >= 4 is 0 Å². The molecule has 9 heavy (non-hydrogen) atoms. The number of allylic oxidation sites excluding steroid dienone is 1. The fraction of sp³-hybridized carbons (Fsp3) is 0.429. The van der Waals surface area contributed by atoms with Crippen LogP contribution in [0.5, 0.6) is 0 Å². The molecule has 0 fully saturated rings. The van der Waals surface area contributed by atoms with Gasteiger partial charge in [0.05, 0.1) is 6.20 Å². The van der Waals surface area contributed by atoms with Crippen LogP contribution in [-0.4, -0.2) is 25.5 Å². The molecule has 0 spiro atoms. The van der Waals surface area contributed by atoms with Gasteiger partial charge >= 0.3 is 0 Å². The van der Waals surface area contributed by atoms with Gasteiger partial charge in [-0.1, -0.05) is 0 Å². The standard InChI is InChI=1S/C7H12N2/c1-9(2)7-3-5-8-6-4-7/h3-5,8H,6H2,1-2H3/p+1. The maximum atomic E-state index is 2.21. The second-order valence-electron chi connectivity index (χ2n) is 2.35. The van der Waals surface area contributed by atoms with E-state index in [0.29, 0.717) is 0 Å². The summed E-state index contributed by atoms with van der Waals surface area (Å²) in [7, 11) is 4.11. The molecule has 1 aliphatic heterocycles. The van der Waals surface area contributed by atoms with Crippen molar-refractivity contribution in [3.05, 3.63) is 24.0 Å². The van der Waals surface area contributed by atoms with E-state index in [-0.39, 0.29) is 0 Å². The Morgan fingerprint density at radius 3 is 2.67 bits per heavy atom. The largest absolute Gasteiger partial charge is 0.378 e. The number of hydrogen-bond donors (Lipinski definition) is 1. The van der Waals surface area contributed by atoms with E-state index >= 15 is 0 Å². The highest BCUT2D eigenvalue weighted by atomic mass is 15.1. The zero-order valence-corrected chi connectivity index (χ0v) is 5.96. The molecule has 1 heterocycles. The molecule has 2 heteroatoms. The van der Waals surface area contributed by atoms with Gasteiger partial charge in [-0.3, -0.25) is 0 Å². The highest BCUT2D eigenvalue weighted by molar-refractivity contribution is 5.16. The first-order valence-electron chi connectivity index (χ1n) is 3.18. The minimum Gasteiger partial charge on any atom is -0.378 e. The summed E-state index contributed by atoms with van der Waals surface area (Å²) in [4.78, 5) is 2.11. The van der Waals surface area contributed by atoms with Crippen molar-refractivity contribution in [2.24, 2.45) is 0 Å². The van der Waals surface area contributed by atoms with Gasteiger partial charge in [-0.2, -0.15) is 0 Å². The van der Waals surface area contributed by atoms with Crippen molar-refractivity contribution in [2.45, 2.75) is 0 Å². The average Bonchev–Trinajstić information content (AvgIpc) is 1.90. The Labute approximate surface area is 55.9 Å². The molecule has 1 aliphatic rings. The minimum absolute atomic E-state index is 1.07. The molecular weight excluding hydrogens is 112 g/mol. The van der Waals surface area contributed by atoms with Crippen molar-refractivity contribution in [3.63, 3.8) is 0 Å². The molecule has 0 bridgehead atoms. The number of rotatable bonds is 1. The molecule has 0 saturated heterocycles. The fourth-order valence-corrected chi connectivity index (χ4v) is 0.834. The lowest BCUT2D eigenvalue weighted by Crippen LogP contribution is -2.78. The molecule has 1 rings (SSSR count). The highest BCUT2D eigenvalue weighted by Crippen LogP contribution is 1.98. The summed E-state index contributed by atoms with van der Waals surface area (Å²) in [6, 6.07) is 0. The monoisotopic (exact) mass is 125 g/mol. The van der Waals surface area contributed by atoms with Crippen LogP contribution in [0.4, 0.5) is 0 Å². The maximum Gasteiger partial charge on any atom is 0.101 e. The van der Waals surface area contributed by atoms with Gasteiger partial charge in [-0.25, -0.2) is 0 Å². The third-order valence-corrected chi connectivity index (χ3v) is 1.38. The molecule has 0 amide bonds. The lowest BCUT2D eigenvalue weighted by Gasteiger charge is -2.14. The van der Waals surface area contributed by atoms with Crippen LogP contribution in [0.25, 0.3) is 0 Å². The number of nitrogens with zero attached hydrogens (tertiary/aromatic N) is 1. The molecule has 0 aromatic heterocycles. The van der Waals surface area contributed by atoms with Crippen molar-refractivity contribution in [2.75, 3.05) is 20.6 Å². The van der Waals surface area contributed by atoms with Gasteiger partial charge in [0.1, 0.15) is 6.54 Å². The van der Waals surface area contributed by atoms with E-state index in [4.69, 9.17) is 0 Å². The van der Waals surface area contributed by atoms with Gasteiger partial charge < -0.3 is 10.2 Å². The average molecular weight is 125 g/mol. The van der Waals surface area contributed by atoms with E-state index in [0.717, 1.165) is 6.54 Å². The summed E-state index contributed by atoms with van der Waals surface area (Å²) in [5, 5.41) is 2.15. The molecule has 0 aromatic rings. The summed E-state index contributed by atoms with van der Waals surface area (Å²) in [6.07, 6.45) is 6.42. The Morgan fingerprint density at radius 1 is 1.56 bits per heavy atom. The third kappa shape index (κ3) is 1.57. The Hall–Kier alpha value is -0.760. The molecule has 2 N–H and O–H groups in total. The first-order chi connectivity index (χ1) is 4.30. The predicted octanol–water partition coefficient (Wildman–Crippen LogP) is -0.477. The number of hydrogen-bond acceptors (Lipinski definition) is 1. The van der Waals surface area contributed by atoms with Crippen LogP contribution in [-0.2, 0) is 0 Å². The summed E-state index contributed by atoms with van der Waals surface area (Å²) in [5.41, 5.74) is 1.30. The van der Waals surface area contributed by atoms with E-state index < -0.39 is 0 Å². The summed E-state index contributed by atoms with van der Waals surface area (Å²) < 4.78 is 0. The highest BCUT2D eigenvalue weighted by Gasteiger charge is 1.98. The number of quaternary nitrogens is 1. The quantitative estimate of drug-likeness (QED) is 0.502. The van der Waals surface area contributed by atoms with Gasteiger partial charge in [0.15, 0.2) is 0 Å². The first kappa shape index (κ1) is 6.36. The van der Waals surface area contributed by atoms with Gasteiger partial charge in [0.2, 0.25) is 0 Å². The third-order valence-electron chi connectivity index (χ3n) is 1.38. The summed E-state index contributed by atoms with van der Waals surface area (Å²) >= 11 is 0. The van der Waals surface area contributed by atoms with Gasteiger partial charge in [-0.15, -0.1) is 0 Å². The Kier molecular flexibility index (Phi) is 1.90. The maximum absolute atomic E-state index is 2.21. The van der Waals surface area contributed by atoms with E-state index in [1.807, 2.05) is 0 Å². The van der Waals surface area contributed by atoms with Crippen LogP contribution in [0.2, 0.25) is 0 Å². The van der Waals surface area contributed by atoms with Gasteiger partial charge in [0.25, 0.3) is 0 Å². The normalized spacial score (nSPS) is 17.3. The molecule has 2 nitrogen and oxygen atoms in total. The molecular formula is C7H13N2+. The molecule has 0 radical (unpaired) electrons. The summed E-state index contributed by atoms with van der Waals surface area (Å²) in [5.74, 6) is 0. The lowest BCUT2D eigenvalue weighted by atomic mass is 10.3. The Balaban J connectivity index is 2.58. The lowest BCUT2D eigenvalue weighted by molar-refractivity contribution is -0.579. The van der Waals surface area contributed by atoms with Gasteiger partial charge in [-0.05, 0) is 6.08 Å². The second-order valence-corrected chi connectivity index (χ2v) is 2.35. The fourth-order valence-electron chi connectivity index (χ4n) is 0.834. The summed E-state index contributed by atoms with van der Waals surface area (Å²) in [6.45, 7) is 1.07. The van der Waals surface area contributed by atoms with Gasteiger partial charge in [0, 0.05) is 25.9 Å². The van der Waals surface area contributed by atoms with Crippen LogP contribution < -0.4 is 5.32 Å². The SMILES string of the molecule is CN(C)C1=CC[NH2+]C=C1. The van der Waals surface area contributed by atoms with Crippen LogP contribution in [0.15, 0.2) is 24.0 Å². The molecule has 0 unspecified atom stereocenters. The predicted molar refractivity (Wildman–Crippen MR) is 37.7 cm³/mol. The van der Waals surface area contributed by atoms with Crippen molar-refractivity contribution in [3.8, 4) is 0 Å². The van der Waals surface area contributed by atoms with E-state index in [2.05, 4.69) is 42.7 Å². The smallest absolute Gasteiger partial charge is 0.101 e. The Bertz CT molecular complexity index is 145. The van der Waals surface area contributed by atoms with E-state index in [1.165, 1.54) is 5.70 Å². The molecule has 0 atom stereocenters.